The topological polar surface area (TPSA) is 55.3 Å². The van der Waals surface area contributed by atoms with Crippen LogP contribution in [0.1, 0.15) is 68.0 Å². The quantitative estimate of drug-likeness (QED) is 0.831. The van der Waals surface area contributed by atoms with E-state index in [-0.39, 0.29) is 12.0 Å². The molecule has 1 atom stereocenters. The lowest BCUT2D eigenvalue weighted by Gasteiger charge is -2.35. The maximum absolute atomic E-state index is 12.6. The molecule has 0 bridgehead atoms. The van der Waals surface area contributed by atoms with Crippen molar-refractivity contribution in [1.29, 1.82) is 0 Å². The lowest BCUT2D eigenvalue weighted by molar-refractivity contribution is -0.147. The normalized spacial score (nSPS) is 24.3. The van der Waals surface area contributed by atoms with Gasteiger partial charge in [-0.15, -0.1) is 0 Å². The largest absolute Gasteiger partial charge is 0.368 e. The maximum Gasteiger partial charge on any atom is 0.251 e. The molecule has 1 unspecified atom stereocenters. The molecular formula is C22H27N3O2. The van der Waals surface area contributed by atoms with Gasteiger partial charge in [0.25, 0.3) is 5.91 Å². The maximum atomic E-state index is 12.6. The molecule has 0 N–H and O–H groups in total. The number of piperidine rings is 1. The molecule has 4 heterocycles. The highest BCUT2D eigenvalue weighted by molar-refractivity contribution is 5.81. The summed E-state index contributed by atoms with van der Waals surface area (Å²) in [5.41, 5.74) is 3.33. The Morgan fingerprint density at radius 1 is 1.04 bits per heavy atom. The second-order valence-corrected chi connectivity index (χ2v) is 8.28. The van der Waals surface area contributed by atoms with Gasteiger partial charge in [-0.2, -0.15) is 0 Å². The van der Waals surface area contributed by atoms with E-state index in [9.17, 15) is 4.79 Å². The van der Waals surface area contributed by atoms with Crippen molar-refractivity contribution in [2.24, 2.45) is 0 Å². The third-order valence-electron chi connectivity index (χ3n) is 6.31. The molecule has 2 aromatic heterocycles. The molecule has 142 valence electrons. The number of hydrogen-bond donors (Lipinski definition) is 0. The van der Waals surface area contributed by atoms with Gasteiger partial charge in [0.2, 0.25) is 0 Å². The van der Waals surface area contributed by atoms with E-state index < -0.39 is 0 Å². The van der Waals surface area contributed by atoms with Gasteiger partial charge < -0.3 is 9.64 Å². The van der Waals surface area contributed by atoms with Crippen LogP contribution >= 0.6 is 0 Å². The summed E-state index contributed by atoms with van der Waals surface area (Å²) in [5.74, 6) is 1.32. The van der Waals surface area contributed by atoms with Crippen LogP contribution in [0.15, 0.2) is 24.4 Å². The van der Waals surface area contributed by atoms with E-state index in [4.69, 9.17) is 9.72 Å². The number of ether oxygens (including phenoxy) is 1. The number of carbonyl (C=O) groups excluding carboxylic acids is 1. The number of hydrogen-bond acceptors (Lipinski definition) is 4. The third-order valence-corrected chi connectivity index (χ3v) is 6.31. The van der Waals surface area contributed by atoms with Gasteiger partial charge in [-0.1, -0.05) is 0 Å². The Morgan fingerprint density at radius 2 is 1.89 bits per heavy atom. The summed E-state index contributed by atoms with van der Waals surface area (Å²) in [7, 11) is 0. The standard InChI is InChI=1S/C22H27N3O2/c26-22(20-3-1-2-12-27-20)25-10-8-16(9-11-25)19-7-6-17-13-18(15-4-5-15)14-23-21(17)24-19/h6-7,13-16,20H,1-5,8-12H2. The lowest BCUT2D eigenvalue weighted by Crippen LogP contribution is -2.45. The lowest BCUT2D eigenvalue weighted by atomic mass is 9.92. The van der Waals surface area contributed by atoms with Gasteiger partial charge in [-0.25, -0.2) is 9.97 Å². The fourth-order valence-electron chi connectivity index (χ4n) is 4.44. The monoisotopic (exact) mass is 365 g/mol. The molecule has 0 aromatic carbocycles. The molecule has 1 aliphatic carbocycles. The molecule has 27 heavy (non-hydrogen) atoms. The van der Waals surface area contributed by atoms with E-state index in [0.717, 1.165) is 74.4 Å². The van der Waals surface area contributed by atoms with Crippen molar-refractivity contribution in [3.05, 3.63) is 35.7 Å². The minimum Gasteiger partial charge on any atom is -0.368 e. The molecule has 2 saturated heterocycles. The number of amides is 1. The molecule has 5 heteroatoms. The molecule has 2 aliphatic heterocycles. The first-order valence-electron chi connectivity index (χ1n) is 10.4. The van der Waals surface area contributed by atoms with Crippen LogP contribution in [0.4, 0.5) is 0 Å². The molecular weight excluding hydrogens is 338 g/mol. The SMILES string of the molecule is O=C(C1CCCCO1)N1CCC(c2ccc3cc(C4CC4)cnc3n2)CC1. The Kier molecular flexibility index (Phi) is 4.56. The summed E-state index contributed by atoms with van der Waals surface area (Å²) in [5, 5.41) is 1.14. The van der Waals surface area contributed by atoms with Crippen LogP contribution in [-0.2, 0) is 9.53 Å². The van der Waals surface area contributed by atoms with Crippen LogP contribution in [0.25, 0.3) is 11.0 Å². The summed E-state index contributed by atoms with van der Waals surface area (Å²) in [6, 6.07) is 6.58. The predicted octanol–water partition coefficient (Wildman–Crippen LogP) is 3.78. The second-order valence-electron chi connectivity index (χ2n) is 8.28. The van der Waals surface area contributed by atoms with Crippen molar-refractivity contribution in [3.63, 3.8) is 0 Å². The number of likely N-dealkylation sites (tertiary alicyclic amines) is 1. The number of pyridine rings is 2. The van der Waals surface area contributed by atoms with Crippen molar-refractivity contribution in [2.75, 3.05) is 19.7 Å². The van der Waals surface area contributed by atoms with E-state index in [0.29, 0.717) is 5.92 Å². The molecule has 2 aromatic rings. The van der Waals surface area contributed by atoms with Crippen molar-refractivity contribution >= 4 is 16.9 Å². The molecule has 5 rings (SSSR count). The summed E-state index contributed by atoms with van der Waals surface area (Å²) < 4.78 is 5.67. The zero-order valence-corrected chi connectivity index (χ0v) is 15.8. The van der Waals surface area contributed by atoms with Gasteiger partial charge in [0.1, 0.15) is 6.10 Å². The molecule has 0 radical (unpaired) electrons. The van der Waals surface area contributed by atoms with Gasteiger partial charge in [-0.3, -0.25) is 4.79 Å². The van der Waals surface area contributed by atoms with Crippen molar-refractivity contribution in [1.82, 2.24) is 14.9 Å². The second kappa shape index (κ2) is 7.19. The van der Waals surface area contributed by atoms with Crippen molar-refractivity contribution in [2.45, 2.75) is 62.9 Å². The number of rotatable bonds is 3. The fourth-order valence-corrected chi connectivity index (χ4v) is 4.44. The van der Waals surface area contributed by atoms with Gasteiger partial charge in [0.15, 0.2) is 5.65 Å². The van der Waals surface area contributed by atoms with Gasteiger partial charge >= 0.3 is 0 Å². The Labute approximate surface area is 160 Å². The van der Waals surface area contributed by atoms with Gasteiger partial charge in [0.05, 0.1) is 0 Å². The molecule has 5 nitrogen and oxygen atoms in total. The first-order chi connectivity index (χ1) is 13.3. The van der Waals surface area contributed by atoms with E-state index >= 15 is 0 Å². The van der Waals surface area contributed by atoms with Crippen molar-refractivity contribution in [3.8, 4) is 0 Å². The molecule has 1 amide bonds. The van der Waals surface area contributed by atoms with Crippen LogP contribution in [0, 0.1) is 0 Å². The zero-order valence-electron chi connectivity index (χ0n) is 15.8. The molecule has 3 aliphatic rings. The third kappa shape index (κ3) is 3.57. The van der Waals surface area contributed by atoms with Gasteiger partial charge in [-0.05, 0) is 74.6 Å². The number of carbonyl (C=O) groups is 1. The van der Waals surface area contributed by atoms with Crippen LogP contribution in [0.3, 0.4) is 0 Å². The summed E-state index contributed by atoms with van der Waals surface area (Å²) >= 11 is 0. The van der Waals surface area contributed by atoms with Crippen LogP contribution in [0.5, 0.6) is 0 Å². The average Bonchev–Trinajstić information content (AvgIpc) is 3.59. The minimum absolute atomic E-state index is 0.189. The Hall–Kier alpha value is -2.01. The summed E-state index contributed by atoms with van der Waals surface area (Å²) in [4.78, 5) is 24.1. The zero-order chi connectivity index (χ0) is 18.2. The van der Waals surface area contributed by atoms with Crippen LogP contribution < -0.4 is 0 Å². The van der Waals surface area contributed by atoms with E-state index in [2.05, 4.69) is 23.2 Å². The highest BCUT2D eigenvalue weighted by Crippen LogP contribution is 2.40. The molecule has 0 spiro atoms. The smallest absolute Gasteiger partial charge is 0.251 e. The van der Waals surface area contributed by atoms with Gasteiger partial charge in [0, 0.05) is 42.9 Å². The highest BCUT2D eigenvalue weighted by atomic mass is 16.5. The Bertz CT molecular complexity index is 835. The highest BCUT2D eigenvalue weighted by Gasteiger charge is 2.31. The van der Waals surface area contributed by atoms with Crippen LogP contribution in [-0.4, -0.2) is 46.6 Å². The average molecular weight is 365 g/mol. The van der Waals surface area contributed by atoms with E-state index in [1.54, 1.807) is 0 Å². The first-order valence-corrected chi connectivity index (χ1v) is 10.4. The molecule has 1 saturated carbocycles. The predicted molar refractivity (Wildman–Crippen MR) is 104 cm³/mol. The first kappa shape index (κ1) is 17.1. The summed E-state index contributed by atoms with van der Waals surface area (Å²) in [6.07, 6.45) is 9.37. The number of fused-ring (bicyclic) bond motifs is 1. The fraction of sp³-hybridized carbons (Fsp3) is 0.591. The van der Waals surface area contributed by atoms with Crippen molar-refractivity contribution < 1.29 is 9.53 Å². The Morgan fingerprint density at radius 3 is 2.63 bits per heavy atom. The molecule has 3 fully saturated rings. The summed E-state index contributed by atoms with van der Waals surface area (Å²) in [6.45, 7) is 2.33. The van der Waals surface area contributed by atoms with E-state index in [1.165, 1.54) is 18.4 Å². The minimum atomic E-state index is -0.209. The van der Waals surface area contributed by atoms with E-state index in [1.807, 2.05) is 11.1 Å². The number of aromatic nitrogens is 2. The number of nitrogens with zero attached hydrogens (tertiary/aromatic N) is 3. The van der Waals surface area contributed by atoms with Crippen LogP contribution in [0.2, 0.25) is 0 Å². The Balaban J connectivity index is 1.24.